The van der Waals surface area contributed by atoms with Gasteiger partial charge in [-0.05, 0) is 12.8 Å². The van der Waals surface area contributed by atoms with E-state index in [1.165, 1.54) is 0 Å². The van der Waals surface area contributed by atoms with Crippen molar-refractivity contribution in [2.45, 2.75) is 31.4 Å². The summed E-state index contributed by atoms with van der Waals surface area (Å²) in [5.74, 6) is 6.59. The molecule has 84 valence electrons. The quantitative estimate of drug-likeness (QED) is 0.541. The second kappa shape index (κ2) is 4.74. The van der Waals surface area contributed by atoms with Crippen LogP contribution in [0.4, 0.5) is 0 Å². The molecule has 1 aromatic heterocycles. The Labute approximate surface area is 89.6 Å². The normalized spacial score (nSPS) is 23.2. The van der Waals surface area contributed by atoms with Crippen LogP contribution in [0.2, 0.25) is 0 Å². The van der Waals surface area contributed by atoms with Crippen LogP contribution in [0.1, 0.15) is 18.7 Å². The Hall–Kier alpha value is -0.910. The first-order chi connectivity index (χ1) is 7.31. The first-order valence-corrected chi connectivity index (χ1v) is 5.35. The van der Waals surface area contributed by atoms with Crippen LogP contribution in [0.3, 0.4) is 0 Å². The van der Waals surface area contributed by atoms with Gasteiger partial charge in [-0.15, -0.1) is 0 Å². The third-order valence-corrected chi connectivity index (χ3v) is 2.95. The molecule has 1 aliphatic heterocycles. The molecule has 1 aliphatic rings. The van der Waals surface area contributed by atoms with Gasteiger partial charge in [0.1, 0.15) is 5.82 Å². The van der Waals surface area contributed by atoms with Crippen molar-refractivity contribution in [3.63, 3.8) is 0 Å². The van der Waals surface area contributed by atoms with Gasteiger partial charge < -0.3 is 9.30 Å². The lowest BCUT2D eigenvalue weighted by atomic mass is 10.1. The van der Waals surface area contributed by atoms with Gasteiger partial charge in [-0.2, -0.15) is 0 Å². The molecular formula is C10H18N4O. The summed E-state index contributed by atoms with van der Waals surface area (Å²) in [5.41, 5.74) is 2.83. The third kappa shape index (κ3) is 2.37. The van der Waals surface area contributed by atoms with Gasteiger partial charge in [-0.25, -0.2) is 4.98 Å². The molecule has 5 heteroatoms. The summed E-state index contributed by atoms with van der Waals surface area (Å²) in [5, 5.41) is 0. The number of hydrogen-bond acceptors (Lipinski definition) is 4. The van der Waals surface area contributed by atoms with Crippen molar-refractivity contribution >= 4 is 0 Å². The van der Waals surface area contributed by atoms with Crippen LogP contribution in [0.25, 0.3) is 0 Å². The SMILES string of the molecule is Cn1ccnc1CC(NN)C1CCCO1. The molecule has 0 radical (unpaired) electrons. The Kier molecular flexibility index (Phi) is 3.35. The molecule has 2 rings (SSSR count). The molecule has 0 saturated carbocycles. The Morgan fingerprint density at radius 2 is 2.67 bits per heavy atom. The van der Waals surface area contributed by atoms with Crippen LogP contribution in [-0.4, -0.2) is 28.3 Å². The summed E-state index contributed by atoms with van der Waals surface area (Å²) in [7, 11) is 1.99. The van der Waals surface area contributed by atoms with Gasteiger partial charge in [0.15, 0.2) is 0 Å². The van der Waals surface area contributed by atoms with Crippen molar-refractivity contribution in [2.75, 3.05) is 6.61 Å². The molecule has 2 heterocycles. The van der Waals surface area contributed by atoms with Crippen molar-refractivity contribution in [2.24, 2.45) is 12.9 Å². The first-order valence-electron chi connectivity index (χ1n) is 5.35. The molecule has 15 heavy (non-hydrogen) atoms. The zero-order chi connectivity index (χ0) is 10.7. The van der Waals surface area contributed by atoms with Crippen molar-refractivity contribution < 1.29 is 4.74 Å². The molecule has 0 spiro atoms. The molecular weight excluding hydrogens is 192 g/mol. The van der Waals surface area contributed by atoms with Crippen molar-refractivity contribution in [1.82, 2.24) is 15.0 Å². The van der Waals surface area contributed by atoms with Gasteiger partial charge in [0.2, 0.25) is 0 Å². The number of nitrogens with one attached hydrogen (secondary N) is 1. The van der Waals surface area contributed by atoms with Crippen LogP contribution in [0, 0.1) is 0 Å². The van der Waals surface area contributed by atoms with E-state index >= 15 is 0 Å². The molecule has 2 atom stereocenters. The van der Waals surface area contributed by atoms with Gasteiger partial charge in [0.05, 0.1) is 12.1 Å². The lowest BCUT2D eigenvalue weighted by Crippen LogP contribution is -2.45. The summed E-state index contributed by atoms with van der Waals surface area (Å²) in [6.45, 7) is 0.851. The summed E-state index contributed by atoms with van der Waals surface area (Å²) >= 11 is 0. The van der Waals surface area contributed by atoms with E-state index in [4.69, 9.17) is 10.6 Å². The molecule has 1 fully saturated rings. The van der Waals surface area contributed by atoms with E-state index < -0.39 is 0 Å². The lowest BCUT2D eigenvalue weighted by Gasteiger charge is -2.21. The minimum Gasteiger partial charge on any atom is -0.377 e. The molecule has 5 nitrogen and oxygen atoms in total. The molecule has 1 aromatic rings. The maximum atomic E-state index is 5.62. The molecule has 1 saturated heterocycles. The van der Waals surface area contributed by atoms with E-state index in [1.807, 2.05) is 17.8 Å². The number of imidazole rings is 1. The van der Waals surface area contributed by atoms with Crippen molar-refractivity contribution in [3.8, 4) is 0 Å². The largest absolute Gasteiger partial charge is 0.377 e. The molecule has 0 aromatic carbocycles. The number of ether oxygens (including phenoxy) is 1. The van der Waals surface area contributed by atoms with E-state index in [0.717, 1.165) is 31.7 Å². The first kappa shape index (κ1) is 10.6. The molecule has 2 unspecified atom stereocenters. The number of aryl methyl sites for hydroxylation is 1. The highest BCUT2D eigenvalue weighted by Gasteiger charge is 2.26. The number of rotatable bonds is 4. The van der Waals surface area contributed by atoms with Crippen LogP contribution < -0.4 is 11.3 Å². The van der Waals surface area contributed by atoms with E-state index in [2.05, 4.69) is 10.4 Å². The van der Waals surface area contributed by atoms with E-state index in [0.29, 0.717) is 0 Å². The predicted molar refractivity (Wildman–Crippen MR) is 57.0 cm³/mol. The van der Waals surface area contributed by atoms with Gasteiger partial charge in [0.25, 0.3) is 0 Å². The summed E-state index contributed by atoms with van der Waals surface area (Å²) in [6, 6.07) is 0.161. The van der Waals surface area contributed by atoms with Crippen molar-refractivity contribution in [1.29, 1.82) is 0 Å². The summed E-state index contributed by atoms with van der Waals surface area (Å²) in [6.07, 6.45) is 7.00. The second-order valence-electron chi connectivity index (χ2n) is 3.98. The fourth-order valence-electron chi connectivity index (χ4n) is 2.01. The third-order valence-electron chi connectivity index (χ3n) is 2.95. The smallest absolute Gasteiger partial charge is 0.110 e. The Morgan fingerprint density at radius 1 is 1.80 bits per heavy atom. The minimum atomic E-state index is 0.161. The maximum absolute atomic E-state index is 5.62. The Morgan fingerprint density at radius 3 is 3.20 bits per heavy atom. The Bertz CT molecular complexity index is 306. The Balaban J connectivity index is 1.98. The molecule has 0 aliphatic carbocycles. The predicted octanol–water partition coefficient (Wildman–Crippen LogP) is -0.0265. The number of hydrogen-bond donors (Lipinski definition) is 2. The average Bonchev–Trinajstić information content (AvgIpc) is 2.86. The van der Waals surface area contributed by atoms with Crippen LogP contribution in [0.15, 0.2) is 12.4 Å². The van der Waals surface area contributed by atoms with E-state index in [1.54, 1.807) is 6.20 Å². The molecule has 0 amide bonds. The summed E-state index contributed by atoms with van der Waals surface area (Å²) < 4.78 is 7.63. The summed E-state index contributed by atoms with van der Waals surface area (Å²) in [4.78, 5) is 4.29. The maximum Gasteiger partial charge on any atom is 0.110 e. The number of hydrazine groups is 1. The highest BCUT2D eigenvalue weighted by molar-refractivity contribution is 4.96. The molecule has 0 bridgehead atoms. The standard InChI is InChI=1S/C10H18N4O/c1-14-5-4-12-10(14)7-8(13-11)9-3-2-6-15-9/h4-5,8-9,13H,2-3,6-7,11H2,1H3. The fraction of sp³-hybridized carbons (Fsp3) is 0.700. The van der Waals surface area contributed by atoms with E-state index in [9.17, 15) is 0 Å². The topological polar surface area (TPSA) is 65.1 Å². The number of aromatic nitrogens is 2. The van der Waals surface area contributed by atoms with Gasteiger partial charge in [-0.3, -0.25) is 11.3 Å². The number of nitrogens with two attached hydrogens (primary N) is 1. The number of nitrogens with zero attached hydrogens (tertiary/aromatic N) is 2. The van der Waals surface area contributed by atoms with Gasteiger partial charge >= 0.3 is 0 Å². The minimum absolute atomic E-state index is 0.161. The van der Waals surface area contributed by atoms with Crippen molar-refractivity contribution in [3.05, 3.63) is 18.2 Å². The molecule has 3 N–H and O–H groups in total. The van der Waals surface area contributed by atoms with Gasteiger partial charge in [-0.1, -0.05) is 0 Å². The zero-order valence-electron chi connectivity index (χ0n) is 9.02. The van der Waals surface area contributed by atoms with E-state index in [-0.39, 0.29) is 12.1 Å². The second-order valence-corrected chi connectivity index (χ2v) is 3.98. The van der Waals surface area contributed by atoms with Crippen LogP contribution >= 0.6 is 0 Å². The fourth-order valence-corrected chi connectivity index (χ4v) is 2.01. The lowest BCUT2D eigenvalue weighted by molar-refractivity contribution is 0.0776. The monoisotopic (exact) mass is 210 g/mol. The van der Waals surface area contributed by atoms with Gasteiger partial charge in [0, 0.05) is 32.5 Å². The van der Waals surface area contributed by atoms with Crippen LogP contribution in [0.5, 0.6) is 0 Å². The van der Waals surface area contributed by atoms with Crippen LogP contribution in [-0.2, 0) is 18.2 Å². The highest BCUT2D eigenvalue weighted by atomic mass is 16.5. The zero-order valence-corrected chi connectivity index (χ0v) is 9.02. The highest BCUT2D eigenvalue weighted by Crippen LogP contribution is 2.17. The average molecular weight is 210 g/mol.